The molecule has 0 radical (unpaired) electrons. The Morgan fingerprint density at radius 2 is 2.05 bits per heavy atom. The summed E-state index contributed by atoms with van der Waals surface area (Å²) in [5.74, 6) is 5.54. The molecule has 21 heavy (non-hydrogen) atoms. The molecule has 0 heterocycles. The van der Waals surface area contributed by atoms with Crippen LogP contribution in [-0.2, 0) is 10.0 Å². The van der Waals surface area contributed by atoms with E-state index in [9.17, 15) is 8.42 Å². The standard InChI is InChI=1S/C15H23N3O2S/c1-12-7-8-15(14(10-12)6-5-9-16)21(19,20)17-13(2)11-18(3)4/h7-8,10,13,17H,9,11,16H2,1-4H3. The Bertz CT molecular complexity index is 643. The minimum atomic E-state index is -3.60. The monoisotopic (exact) mass is 309 g/mol. The van der Waals surface area contributed by atoms with E-state index in [1.54, 1.807) is 18.2 Å². The van der Waals surface area contributed by atoms with Gasteiger partial charge < -0.3 is 10.6 Å². The van der Waals surface area contributed by atoms with Gasteiger partial charge in [-0.3, -0.25) is 0 Å². The first-order valence-electron chi connectivity index (χ1n) is 6.73. The maximum absolute atomic E-state index is 12.5. The molecule has 3 N–H and O–H groups in total. The molecule has 0 aromatic heterocycles. The maximum atomic E-state index is 12.5. The van der Waals surface area contributed by atoms with Crippen LogP contribution in [0.3, 0.4) is 0 Å². The Morgan fingerprint density at radius 1 is 1.38 bits per heavy atom. The molecule has 5 nitrogen and oxygen atoms in total. The zero-order valence-corrected chi connectivity index (χ0v) is 13.8. The molecule has 0 aliphatic heterocycles. The molecule has 1 atom stereocenters. The predicted molar refractivity (Wildman–Crippen MR) is 85.4 cm³/mol. The zero-order valence-electron chi connectivity index (χ0n) is 13.0. The van der Waals surface area contributed by atoms with Crippen LogP contribution in [-0.4, -0.2) is 46.5 Å². The number of hydrogen-bond acceptors (Lipinski definition) is 4. The van der Waals surface area contributed by atoms with Crippen molar-refractivity contribution in [2.45, 2.75) is 24.8 Å². The van der Waals surface area contributed by atoms with Crippen LogP contribution in [0.1, 0.15) is 18.1 Å². The molecule has 0 aliphatic rings. The highest BCUT2D eigenvalue weighted by molar-refractivity contribution is 7.89. The molecule has 1 aromatic carbocycles. The molecule has 0 saturated heterocycles. The van der Waals surface area contributed by atoms with E-state index in [4.69, 9.17) is 5.73 Å². The van der Waals surface area contributed by atoms with E-state index >= 15 is 0 Å². The first-order valence-corrected chi connectivity index (χ1v) is 8.21. The molecular formula is C15H23N3O2S. The fourth-order valence-electron chi connectivity index (χ4n) is 2.04. The van der Waals surface area contributed by atoms with Crippen LogP contribution in [0.15, 0.2) is 23.1 Å². The van der Waals surface area contributed by atoms with Crippen LogP contribution in [0, 0.1) is 18.8 Å². The number of likely N-dealkylation sites (N-methyl/N-ethyl adjacent to an activating group) is 1. The molecule has 6 heteroatoms. The molecule has 0 bridgehead atoms. The Morgan fingerprint density at radius 3 is 2.62 bits per heavy atom. The number of hydrogen-bond donors (Lipinski definition) is 2. The van der Waals surface area contributed by atoms with Crippen LogP contribution in [0.5, 0.6) is 0 Å². The molecule has 1 rings (SSSR count). The van der Waals surface area contributed by atoms with Crippen LogP contribution >= 0.6 is 0 Å². The molecule has 1 unspecified atom stereocenters. The van der Waals surface area contributed by atoms with Crippen molar-refractivity contribution in [3.05, 3.63) is 29.3 Å². The molecule has 0 spiro atoms. The summed E-state index contributed by atoms with van der Waals surface area (Å²) in [5.41, 5.74) is 6.80. The van der Waals surface area contributed by atoms with Crippen molar-refractivity contribution < 1.29 is 8.42 Å². The molecular weight excluding hydrogens is 286 g/mol. The second-order valence-electron chi connectivity index (χ2n) is 5.29. The van der Waals surface area contributed by atoms with E-state index in [0.29, 0.717) is 12.1 Å². The Kier molecular flexibility index (Phi) is 6.37. The highest BCUT2D eigenvalue weighted by Gasteiger charge is 2.20. The van der Waals surface area contributed by atoms with Gasteiger partial charge in [-0.1, -0.05) is 17.9 Å². The summed E-state index contributed by atoms with van der Waals surface area (Å²) in [6.45, 7) is 4.54. The highest BCUT2D eigenvalue weighted by atomic mass is 32.2. The van der Waals surface area contributed by atoms with Crippen LogP contribution in [0.25, 0.3) is 0 Å². The minimum absolute atomic E-state index is 0.192. The van der Waals surface area contributed by atoms with Crippen molar-refractivity contribution in [3.63, 3.8) is 0 Å². The largest absolute Gasteiger partial charge is 0.320 e. The van der Waals surface area contributed by atoms with Gasteiger partial charge >= 0.3 is 0 Å². The molecule has 116 valence electrons. The van der Waals surface area contributed by atoms with E-state index < -0.39 is 10.0 Å². The molecule has 0 amide bonds. The summed E-state index contributed by atoms with van der Waals surface area (Å²) in [4.78, 5) is 2.12. The number of sulfonamides is 1. The second kappa shape index (κ2) is 7.57. The number of aryl methyl sites for hydroxylation is 1. The lowest BCUT2D eigenvalue weighted by Crippen LogP contribution is -2.39. The number of nitrogens with one attached hydrogen (secondary N) is 1. The second-order valence-corrected chi connectivity index (χ2v) is 6.97. The summed E-state index contributed by atoms with van der Waals surface area (Å²) in [6.07, 6.45) is 0. The summed E-state index contributed by atoms with van der Waals surface area (Å²) in [6, 6.07) is 4.91. The van der Waals surface area contributed by atoms with Gasteiger partial charge in [0, 0.05) is 18.2 Å². The Labute approximate surface area is 127 Å². The smallest absolute Gasteiger partial charge is 0.242 e. The third-order valence-electron chi connectivity index (χ3n) is 2.75. The molecule has 0 fully saturated rings. The first-order chi connectivity index (χ1) is 9.76. The third-order valence-corrected chi connectivity index (χ3v) is 4.39. The third kappa shape index (κ3) is 5.48. The first kappa shape index (κ1) is 17.7. The van der Waals surface area contributed by atoms with Gasteiger partial charge in [0.25, 0.3) is 0 Å². The van der Waals surface area contributed by atoms with Crippen LogP contribution < -0.4 is 10.5 Å². The number of nitrogens with two attached hydrogens (primary N) is 1. The number of benzene rings is 1. The van der Waals surface area contributed by atoms with E-state index in [2.05, 4.69) is 16.6 Å². The van der Waals surface area contributed by atoms with Gasteiger partial charge in [0.15, 0.2) is 0 Å². The Balaban J connectivity index is 3.13. The summed E-state index contributed by atoms with van der Waals surface area (Å²) < 4.78 is 27.7. The van der Waals surface area contributed by atoms with Gasteiger partial charge in [0.1, 0.15) is 0 Å². The summed E-state index contributed by atoms with van der Waals surface area (Å²) in [5, 5.41) is 0. The van der Waals surface area contributed by atoms with Crippen molar-refractivity contribution in [2.75, 3.05) is 27.2 Å². The fourth-order valence-corrected chi connectivity index (χ4v) is 3.41. The van der Waals surface area contributed by atoms with Gasteiger partial charge in [-0.25, -0.2) is 13.1 Å². The van der Waals surface area contributed by atoms with E-state index in [1.165, 1.54) is 0 Å². The van der Waals surface area contributed by atoms with Crippen molar-refractivity contribution in [3.8, 4) is 11.8 Å². The van der Waals surface area contributed by atoms with Gasteiger partial charge in [-0.2, -0.15) is 0 Å². The number of rotatable bonds is 5. The van der Waals surface area contributed by atoms with Crippen LogP contribution in [0.4, 0.5) is 0 Å². The molecule has 1 aromatic rings. The lowest BCUT2D eigenvalue weighted by atomic mass is 10.1. The van der Waals surface area contributed by atoms with Gasteiger partial charge in [0.05, 0.1) is 11.4 Å². The van der Waals surface area contributed by atoms with Crippen molar-refractivity contribution >= 4 is 10.0 Å². The van der Waals surface area contributed by atoms with Crippen molar-refractivity contribution in [2.24, 2.45) is 5.73 Å². The molecule has 0 saturated carbocycles. The van der Waals surface area contributed by atoms with Crippen molar-refractivity contribution in [1.29, 1.82) is 0 Å². The molecule has 0 aliphatic carbocycles. The summed E-state index contributed by atoms with van der Waals surface area (Å²) in [7, 11) is 0.192. The zero-order chi connectivity index (χ0) is 16.0. The van der Waals surface area contributed by atoms with Crippen molar-refractivity contribution in [1.82, 2.24) is 9.62 Å². The van der Waals surface area contributed by atoms with Gasteiger partial charge in [0.2, 0.25) is 10.0 Å². The highest BCUT2D eigenvalue weighted by Crippen LogP contribution is 2.17. The van der Waals surface area contributed by atoms with Crippen LogP contribution in [0.2, 0.25) is 0 Å². The normalized spacial score (nSPS) is 12.9. The SMILES string of the molecule is Cc1ccc(S(=O)(=O)NC(C)CN(C)C)c(C#CCN)c1. The minimum Gasteiger partial charge on any atom is -0.320 e. The predicted octanol–water partition coefficient (Wildman–Crippen LogP) is 0.534. The van der Waals surface area contributed by atoms with Gasteiger partial charge in [-0.15, -0.1) is 0 Å². The van der Waals surface area contributed by atoms with E-state index in [1.807, 2.05) is 32.8 Å². The average molecular weight is 309 g/mol. The average Bonchev–Trinajstić information content (AvgIpc) is 2.34. The fraction of sp³-hybridized carbons (Fsp3) is 0.467. The lowest BCUT2D eigenvalue weighted by molar-refractivity contribution is 0.370. The summed E-state index contributed by atoms with van der Waals surface area (Å²) >= 11 is 0. The van der Waals surface area contributed by atoms with E-state index in [-0.39, 0.29) is 17.5 Å². The van der Waals surface area contributed by atoms with Gasteiger partial charge in [-0.05, 0) is 45.6 Å². The maximum Gasteiger partial charge on any atom is 0.242 e. The van der Waals surface area contributed by atoms with E-state index in [0.717, 1.165) is 5.56 Å². The quantitative estimate of drug-likeness (QED) is 0.778. The topological polar surface area (TPSA) is 75.4 Å². The Hall–Kier alpha value is -1.39. The number of nitrogens with zero attached hydrogens (tertiary/aromatic N) is 1. The lowest BCUT2D eigenvalue weighted by Gasteiger charge is -2.19.